The number of benzene rings is 2. The minimum atomic E-state index is -0.287. The molecule has 0 unspecified atom stereocenters. The first kappa shape index (κ1) is 12.4. The summed E-state index contributed by atoms with van der Waals surface area (Å²) in [4.78, 5) is 0. The maximum absolute atomic E-state index is 12.7. The second-order valence-corrected chi connectivity index (χ2v) is 4.41. The Morgan fingerprint density at radius 2 is 1.71 bits per heavy atom. The largest absolute Gasteiger partial charge is 0.457 e. The van der Waals surface area contributed by atoms with E-state index in [0.29, 0.717) is 21.9 Å². The highest BCUT2D eigenvalue weighted by molar-refractivity contribution is 9.08. The fourth-order valence-corrected chi connectivity index (χ4v) is 2.23. The van der Waals surface area contributed by atoms with Gasteiger partial charge in [0, 0.05) is 10.4 Å². The van der Waals surface area contributed by atoms with E-state index in [1.165, 1.54) is 12.1 Å². The number of alkyl halides is 1. The number of hydrogen-bond acceptors (Lipinski definition) is 1. The molecule has 0 fully saturated rings. The van der Waals surface area contributed by atoms with E-state index in [1.54, 1.807) is 18.2 Å². The molecule has 0 heterocycles. The monoisotopic (exact) mass is 314 g/mol. The molecule has 0 amide bonds. The SMILES string of the molecule is Fc1ccc(Oc2ccc(CBr)c(Cl)c2)cc1. The molecule has 88 valence electrons. The van der Waals surface area contributed by atoms with Crippen LogP contribution in [0.15, 0.2) is 42.5 Å². The molecule has 0 saturated heterocycles. The highest BCUT2D eigenvalue weighted by atomic mass is 79.9. The molecule has 0 saturated carbocycles. The van der Waals surface area contributed by atoms with E-state index < -0.39 is 0 Å². The van der Waals surface area contributed by atoms with Gasteiger partial charge in [-0.3, -0.25) is 0 Å². The van der Waals surface area contributed by atoms with E-state index in [4.69, 9.17) is 16.3 Å². The molecule has 0 aromatic heterocycles. The highest BCUT2D eigenvalue weighted by Crippen LogP contribution is 2.27. The third-order valence-electron chi connectivity index (χ3n) is 2.22. The molecule has 0 N–H and O–H groups in total. The molecule has 1 nitrogen and oxygen atoms in total. The number of rotatable bonds is 3. The van der Waals surface area contributed by atoms with Crippen molar-refractivity contribution in [2.45, 2.75) is 5.33 Å². The van der Waals surface area contributed by atoms with Crippen molar-refractivity contribution in [2.24, 2.45) is 0 Å². The number of halogens is 3. The van der Waals surface area contributed by atoms with Gasteiger partial charge in [0.2, 0.25) is 0 Å². The predicted octanol–water partition coefficient (Wildman–Crippen LogP) is 5.17. The topological polar surface area (TPSA) is 9.23 Å². The third kappa shape index (κ3) is 3.20. The summed E-state index contributed by atoms with van der Waals surface area (Å²) < 4.78 is 18.3. The Labute approximate surface area is 112 Å². The lowest BCUT2D eigenvalue weighted by molar-refractivity contribution is 0.480. The van der Waals surface area contributed by atoms with Crippen molar-refractivity contribution in [1.29, 1.82) is 0 Å². The lowest BCUT2D eigenvalue weighted by Crippen LogP contribution is -1.86. The molecule has 2 aromatic rings. The summed E-state index contributed by atoms with van der Waals surface area (Å²) >= 11 is 9.39. The van der Waals surface area contributed by atoms with Gasteiger partial charge in [0.1, 0.15) is 17.3 Å². The van der Waals surface area contributed by atoms with Crippen LogP contribution in [0.4, 0.5) is 4.39 Å². The van der Waals surface area contributed by atoms with Crippen LogP contribution in [0.2, 0.25) is 5.02 Å². The number of hydrogen-bond donors (Lipinski definition) is 0. The quantitative estimate of drug-likeness (QED) is 0.710. The van der Waals surface area contributed by atoms with Gasteiger partial charge in [-0.1, -0.05) is 33.6 Å². The van der Waals surface area contributed by atoms with Crippen LogP contribution in [0.3, 0.4) is 0 Å². The molecular formula is C13H9BrClFO. The van der Waals surface area contributed by atoms with Crippen molar-refractivity contribution in [3.63, 3.8) is 0 Å². The standard InChI is InChI=1S/C13H9BrClFO/c14-8-9-1-4-12(7-13(9)15)17-11-5-2-10(16)3-6-11/h1-7H,8H2. The molecular weight excluding hydrogens is 306 g/mol. The minimum absolute atomic E-state index is 0.287. The first-order valence-electron chi connectivity index (χ1n) is 4.97. The van der Waals surface area contributed by atoms with Crippen molar-refractivity contribution in [3.05, 3.63) is 58.9 Å². The zero-order valence-electron chi connectivity index (χ0n) is 8.79. The van der Waals surface area contributed by atoms with E-state index in [1.807, 2.05) is 12.1 Å². The molecule has 0 spiro atoms. The van der Waals surface area contributed by atoms with Gasteiger partial charge in [0.15, 0.2) is 0 Å². The summed E-state index contributed by atoms with van der Waals surface area (Å²) in [6.07, 6.45) is 0. The summed E-state index contributed by atoms with van der Waals surface area (Å²) in [5, 5.41) is 1.34. The van der Waals surface area contributed by atoms with Gasteiger partial charge in [0.05, 0.1) is 0 Å². The van der Waals surface area contributed by atoms with Crippen LogP contribution in [0.5, 0.6) is 11.5 Å². The van der Waals surface area contributed by atoms with Crippen molar-refractivity contribution < 1.29 is 9.13 Å². The smallest absolute Gasteiger partial charge is 0.128 e. The summed E-state index contributed by atoms with van der Waals surface area (Å²) in [5.74, 6) is 0.922. The molecule has 0 aliphatic rings. The fraction of sp³-hybridized carbons (Fsp3) is 0.0769. The average Bonchev–Trinajstić information content (AvgIpc) is 2.32. The molecule has 0 bridgehead atoms. The molecule has 0 aliphatic carbocycles. The van der Waals surface area contributed by atoms with E-state index in [2.05, 4.69) is 15.9 Å². The molecule has 2 aromatic carbocycles. The fourth-order valence-electron chi connectivity index (χ4n) is 1.34. The molecule has 0 radical (unpaired) electrons. The summed E-state index contributed by atoms with van der Waals surface area (Å²) in [7, 11) is 0. The Hall–Kier alpha value is -1.06. The number of ether oxygens (including phenoxy) is 1. The van der Waals surface area contributed by atoms with Crippen molar-refractivity contribution in [3.8, 4) is 11.5 Å². The summed E-state index contributed by atoms with van der Waals surface area (Å²) in [6, 6.07) is 11.3. The zero-order chi connectivity index (χ0) is 12.3. The first-order valence-corrected chi connectivity index (χ1v) is 6.47. The zero-order valence-corrected chi connectivity index (χ0v) is 11.1. The van der Waals surface area contributed by atoms with Crippen LogP contribution < -0.4 is 4.74 Å². The van der Waals surface area contributed by atoms with Crippen LogP contribution >= 0.6 is 27.5 Å². The minimum Gasteiger partial charge on any atom is -0.457 e. The van der Waals surface area contributed by atoms with E-state index in [-0.39, 0.29) is 5.82 Å². The maximum atomic E-state index is 12.7. The van der Waals surface area contributed by atoms with Gasteiger partial charge in [-0.2, -0.15) is 0 Å². The van der Waals surface area contributed by atoms with Crippen molar-refractivity contribution in [2.75, 3.05) is 0 Å². The summed E-state index contributed by atoms with van der Waals surface area (Å²) in [5.41, 5.74) is 0.998. The Bertz CT molecular complexity index is 513. The van der Waals surface area contributed by atoms with Crippen molar-refractivity contribution >= 4 is 27.5 Å². The van der Waals surface area contributed by atoms with Gasteiger partial charge in [-0.05, 0) is 42.0 Å². The Balaban J connectivity index is 2.19. The normalized spacial score (nSPS) is 10.3. The van der Waals surface area contributed by atoms with Gasteiger partial charge < -0.3 is 4.74 Å². The van der Waals surface area contributed by atoms with E-state index in [9.17, 15) is 4.39 Å². The molecule has 0 atom stereocenters. The van der Waals surface area contributed by atoms with Crippen LogP contribution in [0.1, 0.15) is 5.56 Å². The van der Waals surface area contributed by atoms with Gasteiger partial charge in [0.25, 0.3) is 0 Å². The van der Waals surface area contributed by atoms with Crippen LogP contribution in [-0.2, 0) is 5.33 Å². The van der Waals surface area contributed by atoms with Gasteiger partial charge in [-0.15, -0.1) is 0 Å². The van der Waals surface area contributed by atoms with Gasteiger partial charge >= 0.3 is 0 Å². The lowest BCUT2D eigenvalue weighted by Gasteiger charge is -2.07. The Morgan fingerprint density at radius 1 is 1.06 bits per heavy atom. The second kappa shape index (κ2) is 5.52. The maximum Gasteiger partial charge on any atom is 0.128 e. The second-order valence-electron chi connectivity index (χ2n) is 3.44. The molecule has 2 rings (SSSR count). The van der Waals surface area contributed by atoms with E-state index in [0.717, 1.165) is 5.56 Å². The van der Waals surface area contributed by atoms with Gasteiger partial charge in [-0.25, -0.2) is 4.39 Å². The Kier molecular flexibility index (Phi) is 4.02. The predicted molar refractivity (Wildman–Crippen MR) is 70.6 cm³/mol. The third-order valence-corrected chi connectivity index (χ3v) is 3.17. The Morgan fingerprint density at radius 3 is 2.29 bits per heavy atom. The lowest BCUT2D eigenvalue weighted by atomic mass is 10.2. The molecule has 4 heteroatoms. The molecule has 17 heavy (non-hydrogen) atoms. The van der Waals surface area contributed by atoms with Crippen molar-refractivity contribution in [1.82, 2.24) is 0 Å². The van der Waals surface area contributed by atoms with Crippen LogP contribution in [0, 0.1) is 5.82 Å². The van der Waals surface area contributed by atoms with Crippen LogP contribution in [0.25, 0.3) is 0 Å². The highest BCUT2D eigenvalue weighted by Gasteiger charge is 2.02. The van der Waals surface area contributed by atoms with E-state index >= 15 is 0 Å². The average molecular weight is 316 g/mol. The van der Waals surface area contributed by atoms with Crippen LogP contribution in [-0.4, -0.2) is 0 Å². The summed E-state index contributed by atoms with van der Waals surface area (Å²) in [6.45, 7) is 0. The molecule has 0 aliphatic heterocycles. The first-order chi connectivity index (χ1) is 8.19.